The van der Waals surface area contributed by atoms with Crippen LogP contribution in [0.5, 0.6) is 0 Å². The number of hydrogen-bond donors (Lipinski definition) is 0. The van der Waals surface area contributed by atoms with Crippen molar-refractivity contribution in [2.24, 2.45) is 5.92 Å². The average molecular weight is 388 g/mol. The molecule has 2 aromatic heterocycles. The summed E-state index contributed by atoms with van der Waals surface area (Å²) in [6, 6.07) is 4.02. The van der Waals surface area contributed by atoms with Crippen molar-refractivity contribution in [3.05, 3.63) is 46.2 Å². The molecule has 0 aromatic carbocycles. The predicted octanol–water partition coefficient (Wildman–Crippen LogP) is 3.82. The number of rotatable bonds is 7. The number of pyridine rings is 1. The molecule has 0 radical (unpaired) electrons. The standard InChI is InChI=1S/C21H29N3O2S/c1-17-20(27-16-23-17)14-24-9-6-21(7-10-24)19(5-12-26-21)4-11-25-15-18-3-2-8-22-13-18/h2-3,8,13,16,19H,4-7,9-12,14-15H2,1H3/t19-/m1/s1. The number of thiazole rings is 1. The highest BCUT2D eigenvalue weighted by Crippen LogP contribution is 2.42. The van der Waals surface area contributed by atoms with E-state index in [2.05, 4.69) is 27.9 Å². The molecule has 0 bridgehead atoms. The van der Waals surface area contributed by atoms with Crippen LogP contribution in [0.2, 0.25) is 0 Å². The summed E-state index contributed by atoms with van der Waals surface area (Å²) in [5.74, 6) is 0.624. The van der Waals surface area contributed by atoms with E-state index >= 15 is 0 Å². The Morgan fingerprint density at radius 2 is 2.26 bits per heavy atom. The van der Waals surface area contributed by atoms with Crippen LogP contribution in [0.1, 0.15) is 41.8 Å². The summed E-state index contributed by atoms with van der Waals surface area (Å²) in [6.45, 7) is 7.73. The van der Waals surface area contributed by atoms with E-state index in [-0.39, 0.29) is 5.60 Å². The zero-order valence-corrected chi connectivity index (χ0v) is 16.9. The van der Waals surface area contributed by atoms with Crippen molar-refractivity contribution in [2.45, 2.75) is 51.4 Å². The molecule has 2 aliphatic heterocycles. The van der Waals surface area contributed by atoms with E-state index in [4.69, 9.17) is 9.47 Å². The molecule has 1 spiro atoms. The minimum atomic E-state index is 0.0803. The van der Waals surface area contributed by atoms with Crippen molar-refractivity contribution in [2.75, 3.05) is 26.3 Å². The third-order valence-corrected chi connectivity index (χ3v) is 7.04. The normalized spacial score (nSPS) is 22.5. The summed E-state index contributed by atoms with van der Waals surface area (Å²) >= 11 is 1.77. The molecular formula is C21H29N3O2S. The van der Waals surface area contributed by atoms with Gasteiger partial charge in [-0.1, -0.05) is 6.07 Å². The largest absolute Gasteiger partial charge is 0.377 e. The van der Waals surface area contributed by atoms with Crippen LogP contribution in [0.15, 0.2) is 30.0 Å². The molecule has 2 aliphatic rings. The Hall–Kier alpha value is -1.34. The SMILES string of the molecule is Cc1ncsc1CN1CCC2(CC1)OCC[C@H]2CCOCc1cccnc1. The molecule has 2 fully saturated rings. The summed E-state index contributed by atoms with van der Waals surface area (Å²) in [4.78, 5) is 12.5. The van der Waals surface area contributed by atoms with Crippen LogP contribution in [-0.2, 0) is 22.6 Å². The topological polar surface area (TPSA) is 47.5 Å². The van der Waals surface area contributed by atoms with Gasteiger partial charge in [0, 0.05) is 50.1 Å². The fourth-order valence-corrected chi connectivity index (χ4v) is 5.23. The van der Waals surface area contributed by atoms with Gasteiger partial charge in [-0.05, 0) is 50.2 Å². The highest BCUT2D eigenvalue weighted by molar-refractivity contribution is 7.09. The summed E-state index contributed by atoms with van der Waals surface area (Å²) < 4.78 is 12.2. The van der Waals surface area contributed by atoms with E-state index in [1.54, 1.807) is 17.5 Å². The first-order valence-corrected chi connectivity index (χ1v) is 10.8. The van der Waals surface area contributed by atoms with Gasteiger partial charge < -0.3 is 9.47 Å². The number of piperidine rings is 1. The minimum absolute atomic E-state index is 0.0803. The van der Waals surface area contributed by atoms with Gasteiger partial charge >= 0.3 is 0 Å². The maximum atomic E-state index is 6.31. The Morgan fingerprint density at radius 3 is 3.00 bits per heavy atom. The lowest BCUT2D eigenvalue weighted by Gasteiger charge is -2.42. The van der Waals surface area contributed by atoms with Gasteiger partial charge in [-0.15, -0.1) is 11.3 Å². The van der Waals surface area contributed by atoms with Crippen LogP contribution in [-0.4, -0.2) is 46.8 Å². The zero-order valence-electron chi connectivity index (χ0n) is 16.1. The van der Waals surface area contributed by atoms with Gasteiger partial charge in [0.15, 0.2) is 0 Å². The van der Waals surface area contributed by atoms with Crippen LogP contribution < -0.4 is 0 Å². The first-order valence-electron chi connectivity index (χ1n) is 9.97. The Balaban J connectivity index is 1.24. The molecule has 0 unspecified atom stereocenters. The van der Waals surface area contributed by atoms with Crippen LogP contribution in [0.4, 0.5) is 0 Å². The van der Waals surface area contributed by atoms with E-state index in [0.717, 1.165) is 57.7 Å². The van der Waals surface area contributed by atoms with E-state index in [1.165, 1.54) is 17.0 Å². The Bertz CT molecular complexity index is 713. The lowest BCUT2D eigenvalue weighted by atomic mass is 9.78. The van der Waals surface area contributed by atoms with Gasteiger partial charge in [0.2, 0.25) is 0 Å². The molecule has 1 atom stereocenters. The maximum Gasteiger partial charge on any atom is 0.0798 e. The van der Waals surface area contributed by atoms with Gasteiger partial charge in [-0.3, -0.25) is 9.88 Å². The highest BCUT2D eigenvalue weighted by Gasteiger charge is 2.45. The number of likely N-dealkylation sites (tertiary alicyclic amines) is 1. The molecule has 4 heterocycles. The quantitative estimate of drug-likeness (QED) is 0.676. The van der Waals surface area contributed by atoms with Crippen molar-refractivity contribution in [1.29, 1.82) is 0 Å². The average Bonchev–Trinajstić information content (AvgIpc) is 3.28. The van der Waals surface area contributed by atoms with Crippen LogP contribution in [0.3, 0.4) is 0 Å². The fraction of sp³-hybridized carbons (Fsp3) is 0.619. The van der Waals surface area contributed by atoms with Crippen LogP contribution in [0.25, 0.3) is 0 Å². The number of ether oxygens (including phenoxy) is 2. The predicted molar refractivity (Wildman–Crippen MR) is 107 cm³/mol. The Morgan fingerprint density at radius 1 is 1.37 bits per heavy atom. The zero-order chi connectivity index (χ0) is 18.5. The lowest BCUT2D eigenvalue weighted by Crippen LogP contribution is -2.47. The van der Waals surface area contributed by atoms with E-state index in [0.29, 0.717) is 12.5 Å². The summed E-state index contributed by atoms with van der Waals surface area (Å²) in [7, 11) is 0. The number of aromatic nitrogens is 2. The molecule has 6 heteroatoms. The van der Waals surface area contributed by atoms with Gasteiger partial charge in [-0.25, -0.2) is 4.98 Å². The Kier molecular flexibility index (Phi) is 6.18. The third-order valence-electron chi connectivity index (χ3n) is 6.12. The van der Waals surface area contributed by atoms with Gasteiger partial charge in [0.25, 0.3) is 0 Å². The molecule has 27 heavy (non-hydrogen) atoms. The van der Waals surface area contributed by atoms with E-state index in [1.807, 2.05) is 17.8 Å². The Labute approximate surface area is 165 Å². The number of nitrogens with zero attached hydrogens (tertiary/aromatic N) is 3. The number of aryl methyl sites for hydroxylation is 1. The first kappa shape index (κ1) is 19.0. The van der Waals surface area contributed by atoms with E-state index in [9.17, 15) is 0 Å². The molecular weight excluding hydrogens is 358 g/mol. The molecule has 0 aliphatic carbocycles. The monoisotopic (exact) mass is 387 g/mol. The van der Waals surface area contributed by atoms with Crippen molar-refractivity contribution >= 4 is 11.3 Å². The summed E-state index contributed by atoms with van der Waals surface area (Å²) in [6.07, 6.45) is 8.21. The van der Waals surface area contributed by atoms with Gasteiger partial charge in [0.05, 0.1) is 23.4 Å². The van der Waals surface area contributed by atoms with Crippen molar-refractivity contribution < 1.29 is 9.47 Å². The van der Waals surface area contributed by atoms with Crippen LogP contribution in [0, 0.1) is 12.8 Å². The molecule has 2 saturated heterocycles. The van der Waals surface area contributed by atoms with Gasteiger partial charge in [-0.2, -0.15) is 0 Å². The number of hydrogen-bond acceptors (Lipinski definition) is 6. The lowest BCUT2D eigenvalue weighted by molar-refractivity contribution is -0.0732. The molecule has 2 aromatic rings. The first-order chi connectivity index (χ1) is 13.3. The van der Waals surface area contributed by atoms with Crippen molar-refractivity contribution in [3.63, 3.8) is 0 Å². The highest BCUT2D eigenvalue weighted by atomic mass is 32.1. The van der Waals surface area contributed by atoms with Crippen molar-refractivity contribution in [1.82, 2.24) is 14.9 Å². The second-order valence-corrected chi connectivity index (χ2v) is 8.68. The van der Waals surface area contributed by atoms with Crippen LogP contribution >= 0.6 is 11.3 Å². The molecule has 146 valence electrons. The van der Waals surface area contributed by atoms with Gasteiger partial charge in [0.1, 0.15) is 0 Å². The summed E-state index contributed by atoms with van der Waals surface area (Å²) in [5, 5.41) is 0. The fourth-order valence-electron chi connectivity index (χ4n) is 4.42. The maximum absolute atomic E-state index is 6.31. The molecule has 5 nitrogen and oxygen atoms in total. The van der Waals surface area contributed by atoms with Crippen molar-refractivity contribution in [3.8, 4) is 0 Å². The second-order valence-electron chi connectivity index (χ2n) is 7.74. The molecule has 0 amide bonds. The third kappa shape index (κ3) is 4.57. The minimum Gasteiger partial charge on any atom is -0.377 e. The molecule has 0 saturated carbocycles. The molecule has 0 N–H and O–H groups in total. The smallest absolute Gasteiger partial charge is 0.0798 e. The van der Waals surface area contributed by atoms with E-state index < -0.39 is 0 Å². The molecule has 4 rings (SSSR count). The summed E-state index contributed by atoms with van der Waals surface area (Å²) in [5.41, 5.74) is 4.36. The second kappa shape index (κ2) is 8.78.